The summed E-state index contributed by atoms with van der Waals surface area (Å²) < 4.78 is 23.3. The van der Waals surface area contributed by atoms with Crippen LogP contribution in [0.2, 0.25) is 0 Å². The minimum atomic E-state index is -0.684. The van der Waals surface area contributed by atoms with E-state index in [4.69, 9.17) is 18.9 Å². The molecule has 3 aliphatic carbocycles. The largest absolute Gasteiger partial charge is 0.493 e. The number of Topliss-reactive ketones (excluding diaryl/α,β-unsaturated/α-hetero) is 1. The van der Waals surface area contributed by atoms with E-state index in [2.05, 4.69) is 26.1 Å². The molecule has 7 heteroatoms. The van der Waals surface area contributed by atoms with Crippen molar-refractivity contribution in [2.45, 2.75) is 59.0 Å². The van der Waals surface area contributed by atoms with E-state index in [1.807, 2.05) is 43.3 Å². The lowest BCUT2D eigenvalue weighted by molar-refractivity contribution is -0.152. The molecule has 0 radical (unpaired) electrons. The van der Waals surface area contributed by atoms with E-state index in [1.54, 1.807) is 21.3 Å². The summed E-state index contributed by atoms with van der Waals surface area (Å²) in [6.45, 7) is 8.74. The van der Waals surface area contributed by atoms with Crippen LogP contribution in [-0.4, -0.2) is 39.2 Å². The zero-order valence-corrected chi connectivity index (χ0v) is 24.3. The van der Waals surface area contributed by atoms with E-state index in [0.29, 0.717) is 51.1 Å². The number of dihydropyridines is 1. The van der Waals surface area contributed by atoms with Gasteiger partial charge in [0.05, 0.1) is 32.6 Å². The van der Waals surface area contributed by atoms with Gasteiger partial charge in [-0.15, -0.1) is 0 Å². The number of esters is 1. The smallest absolute Gasteiger partial charge is 0.337 e. The molecule has 0 unspecified atom stereocenters. The maximum absolute atomic E-state index is 14.2. The van der Waals surface area contributed by atoms with Gasteiger partial charge in [-0.25, -0.2) is 4.79 Å². The molecule has 0 amide bonds. The fourth-order valence-electron chi connectivity index (χ4n) is 7.70. The van der Waals surface area contributed by atoms with Crippen LogP contribution in [0.25, 0.3) is 5.70 Å². The molecule has 6 rings (SSSR count). The number of carbonyl (C=O) groups excluding carboxylic acids is 2. The molecule has 0 aromatic heterocycles. The highest BCUT2D eigenvalue weighted by molar-refractivity contribution is 6.23. The minimum Gasteiger partial charge on any atom is -0.493 e. The highest BCUT2D eigenvalue weighted by atomic mass is 16.5. The SMILES string of the molecule is COc1cc([C@H]2C(C(=O)O[C@@H]3C[C@H]4CC[C@@]3(C)C4(C)C)=C(C)NC3=C2C(=O)c2ccccc23)cc(OC)c1OC. The predicted molar refractivity (Wildman–Crippen MR) is 151 cm³/mol. The predicted octanol–water partition coefficient (Wildman–Crippen LogP) is 6.04. The van der Waals surface area contributed by atoms with E-state index < -0.39 is 11.9 Å². The Bertz CT molecular complexity index is 1480. The Morgan fingerprint density at radius 1 is 0.975 bits per heavy atom. The molecule has 2 aromatic carbocycles. The average molecular weight is 544 g/mol. The number of methoxy groups -OCH3 is 3. The van der Waals surface area contributed by atoms with Gasteiger partial charge in [0.1, 0.15) is 6.10 Å². The number of fused-ring (bicyclic) bond motifs is 4. The summed E-state index contributed by atoms with van der Waals surface area (Å²) in [4.78, 5) is 28.2. The molecule has 1 N–H and O–H groups in total. The number of rotatable bonds is 6. The van der Waals surface area contributed by atoms with Crippen LogP contribution in [0.5, 0.6) is 17.2 Å². The summed E-state index contributed by atoms with van der Waals surface area (Å²) >= 11 is 0. The van der Waals surface area contributed by atoms with Gasteiger partial charge >= 0.3 is 5.97 Å². The van der Waals surface area contributed by atoms with Crippen LogP contribution >= 0.6 is 0 Å². The molecule has 4 atom stereocenters. The molecule has 7 nitrogen and oxygen atoms in total. The van der Waals surface area contributed by atoms with Crippen LogP contribution < -0.4 is 19.5 Å². The van der Waals surface area contributed by atoms with Gasteiger partial charge in [-0.05, 0) is 55.2 Å². The topological polar surface area (TPSA) is 83.1 Å². The van der Waals surface area contributed by atoms with Gasteiger partial charge < -0.3 is 24.3 Å². The Morgan fingerprint density at radius 3 is 2.17 bits per heavy atom. The van der Waals surface area contributed by atoms with E-state index in [1.165, 1.54) is 0 Å². The second-order valence-corrected chi connectivity index (χ2v) is 12.2. The van der Waals surface area contributed by atoms with Crippen molar-refractivity contribution in [1.82, 2.24) is 5.32 Å². The third-order valence-corrected chi connectivity index (χ3v) is 10.5. The zero-order chi connectivity index (χ0) is 28.6. The van der Waals surface area contributed by atoms with Crippen molar-refractivity contribution >= 4 is 17.4 Å². The first kappa shape index (κ1) is 26.5. The van der Waals surface area contributed by atoms with Gasteiger partial charge in [-0.2, -0.15) is 0 Å². The van der Waals surface area contributed by atoms with Gasteiger partial charge in [-0.1, -0.05) is 45.0 Å². The number of benzene rings is 2. The van der Waals surface area contributed by atoms with Gasteiger partial charge in [0.25, 0.3) is 0 Å². The monoisotopic (exact) mass is 543 g/mol. The first-order valence-electron chi connectivity index (χ1n) is 13.9. The first-order valence-corrected chi connectivity index (χ1v) is 13.9. The Labute approximate surface area is 235 Å². The molecule has 40 heavy (non-hydrogen) atoms. The number of ketones is 1. The lowest BCUT2D eigenvalue weighted by Gasteiger charge is -2.39. The van der Waals surface area contributed by atoms with Gasteiger partial charge in [0, 0.05) is 33.7 Å². The second kappa shape index (κ2) is 9.15. The number of allylic oxidation sites excluding steroid dienone is 2. The fourth-order valence-corrected chi connectivity index (χ4v) is 7.70. The van der Waals surface area contributed by atoms with Crippen molar-refractivity contribution in [2.24, 2.45) is 16.7 Å². The second-order valence-electron chi connectivity index (χ2n) is 12.2. The molecule has 1 heterocycles. The van der Waals surface area contributed by atoms with Gasteiger partial charge in [0.2, 0.25) is 5.75 Å². The minimum absolute atomic E-state index is 0.0875. The molecule has 4 aliphatic rings. The molecule has 0 saturated heterocycles. The highest BCUT2D eigenvalue weighted by Gasteiger charge is 2.63. The van der Waals surface area contributed by atoms with Crippen molar-refractivity contribution in [3.05, 3.63) is 69.9 Å². The van der Waals surface area contributed by atoms with Crippen molar-refractivity contribution in [3.63, 3.8) is 0 Å². The molecule has 2 bridgehead atoms. The third-order valence-electron chi connectivity index (χ3n) is 10.5. The molecular formula is C33H37NO6. The zero-order valence-electron chi connectivity index (χ0n) is 24.3. The van der Waals surface area contributed by atoms with Crippen molar-refractivity contribution < 1.29 is 28.5 Å². The standard InChI is InChI=1S/C33H37NO6/c1-17-25(31(36)40-24-16-19-12-13-33(24,4)32(19,2)3)26(18-14-22(37-5)30(39-7)23(15-18)38-6)27-28(34-17)20-10-8-9-11-21(20)29(27)35/h8-11,14-15,19,24,26,34H,12-13,16H2,1-7H3/t19-,24-,26+,33-/m1/s1. The molecular weight excluding hydrogens is 506 g/mol. The Kier molecular flexibility index (Phi) is 6.06. The summed E-state index contributed by atoms with van der Waals surface area (Å²) in [5.74, 6) is 0.690. The summed E-state index contributed by atoms with van der Waals surface area (Å²) in [5.41, 5.74) is 4.48. The van der Waals surface area contributed by atoms with Crippen LogP contribution in [0.15, 0.2) is 53.2 Å². The van der Waals surface area contributed by atoms with E-state index in [0.717, 1.165) is 30.5 Å². The average Bonchev–Trinajstić information content (AvgIpc) is 3.43. The van der Waals surface area contributed by atoms with Crippen LogP contribution in [0.1, 0.15) is 74.4 Å². The number of nitrogens with one attached hydrogen (secondary N) is 1. The summed E-state index contributed by atoms with van der Waals surface area (Å²) in [6, 6.07) is 11.2. The van der Waals surface area contributed by atoms with Crippen LogP contribution in [0.3, 0.4) is 0 Å². The normalized spacial score (nSPS) is 27.8. The lowest BCUT2D eigenvalue weighted by atomic mass is 9.70. The van der Waals surface area contributed by atoms with Gasteiger partial charge in [-0.3, -0.25) is 4.79 Å². The molecule has 2 saturated carbocycles. The fraction of sp³-hybridized carbons (Fsp3) is 0.455. The van der Waals surface area contributed by atoms with Gasteiger partial charge in [0.15, 0.2) is 17.3 Å². The van der Waals surface area contributed by atoms with Crippen molar-refractivity contribution in [2.75, 3.05) is 21.3 Å². The Morgan fingerprint density at radius 2 is 1.62 bits per heavy atom. The van der Waals surface area contributed by atoms with E-state index in [9.17, 15) is 9.59 Å². The number of hydrogen-bond acceptors (Lipinski definition) is 7. The maximum atomic E-state index is 14.2. The van der Waals surface area contributed by atoms with Crippen LogP contribution in [0, 0.1) is 16.7 Å². The molecule has 0 spiro atoms. The Balaban J connectivity index is 1.48. The number of carbonyl (C=O) groups is 2. The van der Waals surface area contributed by atoms with E-state index in [-0.39, 0.29) is 22.7 Å². The first-order chi connectivity index (χ1) is 19.1. The number of ether oxygens (including phenoxy) is 4. The number of hydrogen-bond donors (Lipinski definition) is 1. The summed E-state index contributed by atoms with van der Waals surface area (Å²) in [7, 11) is 4.66. The molecule has 1 aliphatic heterocycles. The molecule has 2 fully saturated rings. The van der Waals surface area contributed by atoms with Crippen molar-refractivity contribution in [3.8, 4) is 17.2 Å². The summed E-state index contributed by atoms with van der Waals surface area (Å²) in [5, 5.41) is 3.41. The maximum Gasteiger partial charge on any atom is 0.337 e. The molecule has 2 aromatic rings. The summed E-state index contributed by atoms with van der Waals surface area (Å²) in [6.07, 6.45) is 2.89. The van der Waals surface area contributed by atoms with Crippen LogP contribution in [-0.2, 0) is 9.53 Å². The third kappa shape index (κ3) is 3.49. The van der Waals surface area contributed by atoms with Crippen molar-refractivity contribution in [1.29, 1.82) is 0 Å². The van der Waals surface area contributed by atoms with Crippen LogP contribution in [0.4, 0.5) is 0 Å². The molecule has 210 valence electrons. The lowest BCUT2D eigenvalue weighted by Crippen LogP contribution is -2.39. The Hall–Kier alpha value is -3.74. The van der Waals surface area contributed by atoms with E-state index >= 15 is 0 Å². The quantitative estimate of drug-likeness (QED) is 0.445. The highest BCUT2D eigenvalue weighted by Crippen LogP contribution is 2.66.